The van der Waals surface area contributed by atoms with Crippen LogP contribution in [-0.4, -0.2) is 23.0 Å². The van der Waals surface area contributed by atoms with E-state index in [0.29, 0.717) is 6.07 Å². The van der Waals surface area contributed by atoms with E-state index >= 15 is 0 Å². The Hall–Kier alpha value is -2.28. The molecule has 24 heavy (non-hydrogen) atoms. The fraction of sp³-hybridized carbons (Fsp3) is 0.176. The number of benzene rings is 2. The van der Waals surface area contributed by atoms with E-state index in [0.717, 1.165) is 22.2 Å². The van der Waals surface area contributed by atoms with Gasteiger partial charge in [0.05, 0.1) is 6.42 Å². The SMILES string of the molecule is O=C(Cc1cc(F)cc(F)c1)N[C@H](Cc1ccc(Br)cc1)C(=O)O. The molecule has 0 bridgehead atoms. The van der Waals surface area contributed by atoms with Crippen LogP contribution in [0, 0.1) is 11.6 Å². The number of hydrogen-bond acceptors (Lipinski definition) is 2. The second-order valence-corrected chi connectivity index (χ2v) is 6.16. The number of carbonyl (C=O) groups excluding carboxylic acids is 1. The van der Waals surface area contributed by atoms with Crippen LogP contribution in [0.15, 0.2) is 46.9 Å². The molecule has 126 valence electrons. The van der Waals surface area contributed by atoms with Crippen molar-refractivity contribution in [3.63, 3.8) is 0 Å². The Morgan fingerprint density at radius 1 is 1.04 bits per heavy atom. The van der Waals surface area contributed by atoms with Gasteiger partial charge in [0.15, 0.2) is 0 Å². The molecule has 0 saturated heterocycles. The van der Waals surface area contributed by atoms with Crippen molar-refractivity contribution >= 4 is 27.8 Å². The summed E-state index contributed by atoms with van der Waals surface area (Å²) in [6, 6.07) is 8.67. The van der Waals surface area contributed by atoms with Gasteiger partial charge in [-0.3, -0.25) is 4.79 Å². The minimum atomic E-state index is -1.18. The van der Waals surface area contributed by atoms with Crippen LogP contribution in [0.3, 0.4) is 0 Å². The molecule has 0 spiro atoms. The van der Waals surface area contributed by atoms with Crippen molar-refractivity contribution in [1.29, 1.82) is 0 Å². The average Bonchev–Trinajstić information content (AvgIpc) is 2.47. The van der Waals surface area contributed by atoms with Crippen molar-refractivity contribution in [1.82, 2.24) is 5.32 Å². The highest BCUT2D eigenvalue weighted by atomic mass is 79.9. The highest BCUT2D eigenvalue weighted by molar-refractivity contribution is 9.10. The van der Waals surface area contributed by atoms with Gasteiger partial charge in [-0.05, 0) is 35.4 Å². The fourth-order valence-electron chi connectivity index (χ4n) is 2.20. The molecule has 0 fully saturated rings. The number of carboxylic acids is 1. The minimum absolute atomic E-state index is 0.103. The van der Waals surface area contributed by atoms with Gasteiger partial charge in [-0.2, -0.15) is 0 Å². The van der Waals surface area contributed by atoms with Gasteiger partial charge in [0.2, 0.25) is 5.91 Å². The standard InChI is InChI=1S/C17H14BrF2NO3/c18-12-3-1-10(2-4-12)7-15(17(23)24)21-16(22)8-11-5-13(19)9-14(20)6-11/h1-6,9,15H,7-8H2,(H,21,22)(H,23,24)/t15-/m1/s1. The van der Waals surface area contributed by atoms with Gasteiger partial charge in [0.1, 0.15) is 17.7 Å². The molecular formula is C17H14BrF2NO3. The zero-order chi connectivity index (χ0) is 17.7. The molecule has 2 aromatic rings. The molecule has 7 heteroatoms. The van der Waals surface area contributed by atoms with E-state index in [1.807, 2.05) is 0 Å². The van der Waals surface area contributed by atoms with E-state index in [2.05, 4.69) is 21.2 Å². The molecule has 0 saturated carbocycles. The summed E-state index contributed by atoms with van der Waals surface area (Å²) in [4.78, 5) is 23.3. The Morgan fingerprint density at radius 3 is 2.17 bits per heavy atom. The van der Waals surface area contributed by atoms with Crippen molar-refractivity contribution in [2.45, 2.75) is 18.9 Å². The first kappa shape index (κ1) is 18.1. The molecule has 0 aliphatic heterocycles. The van der Waals surface area contributed by atoms with Crippen molar-refractivity contribution in [2.24, 2.45) is 0 Å². The van der Waals surface area contributed by atoms with Gasteiger partial charge in [-0.15, -0.1) is 0 Å². The maximum absolute atomic E-state index is 13.1. The van der Waals surface area contributed by atoms with Crippen LogP contribution >= 0.6 is 15.9 Å². The molecule has 0 aliphatic rings. The van der Waals surface area contributed by atoms with E-state index in [-0.39, 0.29) is 18.4 Å². The van der Waals surface area contributed by atoms with E-state index in [1.165, 1.54) is 0 Å². The van der Waals surface area contributed by atoms with E-state index in [4.69, 9.17) is 0 Å². The minimum Gasteiger partial charge on any atom is -0.480 e. The van der Waals surface area contributed by atoms with Crippen molar-refractivity contribution in [2.75, 3.05) is 0 Å². The molecule has 0 radical (unpaired) electrons. The van der Waals surface area contributed by atoms with E-state index in [9.17, 15) is 23.5 Å². The van der Waals surface area contributed by atoms with Crippen LogP contribution in [0.25, 0.3) is 0 Å². The maximum atomic E-state index is 13.1. The summed E-state index contributed by atoms with van der Waals surface area (Å²) in [5.41, 5.74) is 0.875. The molecule has 2 aromatic carbocycles. The molecule has 2 N–H and O–H groups in total. The first-order valence-electron chi connectivity index (χ1n) is 7.05. The summed E-state index contributed by atoms with van der Waals surface area (Å²) in [7, 11) is 0. The fourth-order valence-corrected chi connectivity index (χ4v) is 2.46. The Labute approximate surface area is 145 Å². The molecular weight excluding hydrogens is 384 g/mol. The average molecular weight is 398 g/mol. The van der Waals surface area contributed by atoms with Gasteiger partial charge in [-0.25, -0.2) is 13.6 Å². The molecule has 1 amide bonds. The van der Waals surface area contributed by atoms with Gasteiger partial charge in [-0.1, -0.05) is 28.1 Å². The molecule has 2 rings (SSSR count). The summed E-state index contributed by atoms with van der Waals surface area (Å²) in [5, 5.41) is 11.6. The number of carboxylic acid groups (broad SMARTS) is 1. The lowest BCUT2D eigenvalue weighted by atomic mass is 10.1. The predicted octanol–water partition coefficient (Wildman–Crippen LogP) is 3.08. The van der Waals surface area contributed by atoms with Crippen molar-refractivity contribution < 1.29 is 23.5 Å². The topological polar surface area (TPSA) is 66.4 Å². The molecule has 0 heterocycles. The van der Waals surface area contributed by atoms with Gasteiger partial charge >= 0.3 is 5.97 Å². The van der Waals surface area contributed by atoms with Crippen LogP contribution in [0.4, 0.5) is 8.78 Å². The molecule has 0 aliphatic carbocycles. The third-order valence-corrected chi connectivity index (χ3v) is 3.80. The highest BCUT2D eigenvalue weighted by Gasteiger charge is 2.20. The molecule has 4 nitrogen and oxygen atoms in total. The van der Waals surface area contributed by atoms with E-state index < -0.39 is 29.6 Å². The number of aliphatic carboxylic acids is 1. The van der Waals surface area contributed by atoms with Crippen LogP contribution < -0.4 is 5.32 Å². The largest absolute Gasteiger partial charge is 0.480 e. The monoisotopic (exact) mass is 397 g/mol. The zero-order valence-corrected chi connectivity index (χ0v) is 14.0. The zero-order valence-electron chi connectivity index (χ0n) is 12.4. The van der Waals surface area contributed by atoms with E-state index in [1.54, 1.807) is 24.3 Å². The van der Waals surface area contributed by atoms with Gasteiger partial charge < -0.3 is 10.4 Å². The summed E-state index contributed by atoms with van der Waals surface area (Å²) in [6.07, 6.45) is -0.204. The second-order valence-electron chi connectivity index (χ2n) is 5.24. The third kappa shape index (κ3) is 5.42. The summed E-state index contributed by atoms with van der Waals surface area (Å²) in [5.74, 6) is -3.38. The number of amides is 1. The smallest absolute Gasteiger partial charge is 0.326 e. The van der Waals surface area contributed by atoms with Crippen molar-refractivity contribution in [3.8, 4) is 0 Å². The molecule has 0 unspecified atom stereocenters. The van der Waals surface area contributed by atoms with Gasteiger partial charge in [0.25, 0.3) is 0 Å². The first-order valence-corrected chi connectivity index (χ1v) is 7.84. The predicted molar refractivity (Wildman–Crippen MR) is 87.5 cm³/mol. The summed E-state index contributed by atoms with van der Waals surface area (Å²) >= 11 is 3.28. The number of rotatable bonds is 6. The number of halogens is 3. The quantitative estimate of drug-likeness (QED) is 0.786. The van der Waals surface area contributed by atoms with Crippen LogP contribution in [0.2, 0.25) is 0 Å². The normalized spacial score (nSPS) is 11.8. The Kier molecular flexibility index (Phi) is 6.03. The number of nitrogens with one attached hydrogen (secondary N) is 1. The molecule has 0 aromatic heterocycles. The summed E-state index contributed by atoms with van der Waals surface area (Å²) in [6.45, 7) is 0. The number of carbonyl (C=O) groups is 2. The highest BCUT2D eigenvalue weighted by Crippen LogP contribution is 2.13. The van der Waals surface area contributed by atoms with Crippen LogP contribution in [0.1, 0.15) is 11.1 Å². The third-order valence-electron chi connectivity index (χ3n) is 3.27. The maximum Gasteiger partial charge on any atom is 0.326 e. The lowest BCUT2D eigenvalue weighted by molar-refractivity contribution is -0.141. The van der Waals surface area contributed by atoms with Crippen LogP contribution in [0.5, 0.6) is 0 Å². The lowest BCUT2D eigenvalue weighted by Crippen LogP contribution is -2.43. The van der Waals surface area contributed by atoms with Gasteiger partial charge in [0, 0.05) is 17.0 Å². The first-order chi connectivity index (χ1) is 11.3. The van der Waals surface area contributed by atoms with Crippen molar-refractivity contribution in [3.05, 3.63) is 69.7 Å². The second kappa shape index (κ2) is 8.01. The lowest BCUT2D eigenvalue weighted by Gasteiger charge is -2.15. The Balaban J connectivity index is 2.02. The summed E-state index contributed by atoms with van der Waals surface area (Å²) < 4.78 is 27.1. The number of hydrogen-bond donors (Lipinski definition) is 2. The Bertz CT molecular complexity index is 730. The molecule has 1 atom stereocenters. The Morgan fingerprint density at radius 2 is 1.62 bits per heavy atom. The van der Waals surface area contributed by atoms with Crippen LogP contribution in [-0.2, 0) is 22.4 Å².